The van der Waals surface area contributed by atoms with Gasteiger partial charge in [-0.1, -0.05) is 34.1 Å². The molecule has 6 nitrogen and oxygen atoms in total. The summed E-state index contributed by atoms with van der Waals surface area (Å²) in [6.45, 7) is 8.58. The van der Waals surface area contributed by atoms with Crippen LogP contribution in [0.1, 0.15) is 91.0 Å². The lowest BCUT2D eigenvalue weighted by atomic mass is 9.41. The van der Waals surface area contributed by atoms with E-state index in [2.05, 4.69) is 20.8 Å². The Labute approximate surface area is 258 Å². The maximum atomic E-state index is 15.6. The number of carbonyl (C=O) groups excluding carboxylic acids is 1. The summed E-state index contributed by atoms with van der Waals surface area (Å²) in [5, 5.41) is 22.2. The number of sulfonamides is 1. The Morgan fingerprint density at radius 3 is 2.25 bits per heavy atom. The van der Waals surface area contributed by atoms with Crippen molar-refractivity contribution in [3.05, 3.63) is 29.8 Å². The third kappa shape index (κ3) is 5.61. The fourth-order valence-electron chi connectivity index (χ4n) is 10.6. The lowest BCUT2D eigenvalue weighted by Crippen LogP contribution is -2.65. The molecule has 4 fully saturated rings. The summed E-state index contributed by atoms with van der Waals surface area (Å²) in [4.78, 5) is 12.3. The second-order valence-electron chi connectivity index (χ2n) is 14.7. The molecular weight excluding hydrogens is 598 g/mol. The molecule has 0 aromatic heterocycles. The second kappa shape index (κ2) is 11.8. The van der Waals surface area contributed by atoms with E-state index in [1.54, 1.807) is 0 Å². The molecule has 0 saturated heterocycles. The zero-order valence-corrected chi connectivity index (χ0v) is 26.8. The van der Waals surface area contributed by atoms with Crippen LogP contribution in [0.15, 0.2) is 29.2 Å². The minimum atomic E-state index is -4.60. The fourth-order valence-corrected chi connectivity index (χ4v) is 11.6. The normalized spacial score (nSPS) is 41.3. The molecule has 4 aliphatic carbocycles. The molecule has 11 heteroatoms. The first-order valence-electron chi connectivity index (χ1n) is 16.2. The minimum Gasteiger partial charge on any atom is -0.393 e. The van der Waals surface area contributed by atoms with Crippen LogP contribution in [0.25, 0.3) is 0 Å². The molecule has 12 atom stereocenters. The van der Waals surface area contributed by atoms with E-state index in [0.29, 0.717) is 31.4 Å². The molecule has 1 amide bonds. The van der Waals surface area contributed by atoms with E-state index in [1.807, 2.05) is 11.6 Å². The zero-order valence-electron chi connectivity index (χ0n) is 26.0. The van der Waals surface area contributed by atoms with Crippen molar-refractivity contribution in [2.45, 2.75) is 115 Å². The molecule has 0 radical (unpaired) electrons. The first kappa shape index (κ1) is 33.6. The molecular formula is C33H47F4NO5S. The predicted octanol–water partition coefficient (Wildman–Crippen LogP) is 6.50. The average Bonchev–Trinajstić information content (AvgIpc) is 3.31. The number of aliphatic hydroxyl groups excluding tert-OH is 2. The van der Waals surface area contributed by atoms with Crippen molar-refractivity contribution in [1.29, 1.82) is 0 Å². The van der Waals surface area contributed by atoms with Gasteiger partial charge in [-0.25, -0.2) is 17.5 Å². The molecule has 1 aromatic carbocycles. The summed E-state index contributed by atoms with van der Waals surface area (Å²) < 4.78 is 81.4. The Bertz CT molecular complexity index is 1320. The Hall–Kier alpha value is -1.72. The van der Waals surface area contributed by atoms with Crippen LogP contribution < -0.4 is 4.72 Å². The number of nitrogens with one attached hydrogen (secondary N) is 1. The molecule has 4 aliphatic rings. The lowest BCUT2D eigenvalue weighted by Gasteiger charge is -2.65. The van der Waals surface area contributed by atoms with Gasteiger partial charge < -0.3 is 10.2 Å². The number of fused-ring (bicyclic) bond motifs is 5. The summed E-state index contributed by atoms with van der Waals surface area (Å²) in [7, 11) is -4.31. The van der Waals surface area contributed by atoms with Gasteiger partial charge in [0.05, 0.1) is 22.7 Å². The van der Waals surface area contributed by atoms with E-state index in [-0.39, 0.29) is 58.7 Å². The van der Waals surface area contributed by atoms with Gasteiger partial charge >= 0.3 is 6.18 Å². The van der Waals surface area contributed by atoms with Crippen molar-refractivity contribution in [2.24, 2.45) is 52.3 Å². The molecule has 0 heterocycles. The summed E-state index contributed by atoms with van der Waals surface area (Å²) in [5.74, 6) is -0.395. The number of amides is 1. The number of aliphatic hydroxyl groups is 2. The fraction of sp³-hybridized carbons (Fsp3) is 0.788. The lowest BCUT2D eigenvalue weighted by molar-refractivity contribution is -0.222. The molecule has 0 bridgehead atoms. The Morgan fingerprint density at radius 1 is 1.02 bits per heavy atom. The Kier molecular flexibility index (Phi) is 9.04. The van der Waals surface area contributed by atoms with E-state index < -0.39 is 50.9 Å². The van der Waals surface area contributed by atoms with Crippen LogP contribution in [-0.4, -0.2) is 42.9 Å². The topological polar surface area (TPSA) is 104 Å². The highest BCUT2D eigenvalue weighted by Gasteiger charge is 2.66. The van der Waals surface area contributed by atoms with Crippen LogP contribution in [0, 0.1) is 52.3 Å². The van der Waals surface area contributed by atoms with Gasteiger partial charge in [0.2, 0.25) is 5.91 Å². The van der Waals surface area contributed by atoms with Crippen LogP contribution in [-0.2, 0) is 21.0 Å². The maximum absolute atomic E-state index is 15.6. The highest BCUT2D eigenvalue weighted by molar-refractivity contribution is 7.90. The van der Waals surface area contributed by atoms with Gasteiger partial charge in [0, 0.05) is 12.3 Å². The third-order valence-corrected chi connectivity index (χ3v) is 14.1. The molecule has 0 spiro atoms. The average molecular weight is 646 g/mol. The van der Waals surface area contributed by atoms with E-state index in [9.17, 15) is 36.6 Å². The number of hydrogen-bond acceptors (Lipinski definition) is 5. The monoisotopic (exact) mass is 645 g/mol. The van der Waals surface area contributed by atoms with Crippen LogP contribution in [0.5, 0.6) is 0 Å². The van der Waals surface area contributed by atoms with Crippen molar-refractivity contribution in [2.75, 3.05) is 0 Å². The largest absolute Gasteiger partial charge is 0.416 e. The SMILES string of the molecule is CC[C@H]1[C@@H](O)[C@@H]2[C@H](CC[C@]3(C)[C@@H](C(C)CCC(=O)NS(=O)(=O)c4ccc(C(F)(F)F)cc4)CC[C@@H]23)[C@@]2(C)CC[C@@H](O)[C@H](F)[C@@H]12. The highest BCUT2D eigenvalue weighted by atomic mass is 32.2. The van der Waals surface area contributed by atoms with Gasteiger partial charge in [0.15, 0.2) is 0 Å². The number of benzene rings is 1. The van der Waals surface area contributed by atoms with Gasteiger partial charge in [-0.05, 0) is 116 Å². The number of carbonyl (C=O) groups is 1. The molecule has 1 unspecified atom stereocenters. The summed E-state index contributed by atoms with van der Waals surface area (Å²) in [6, 6.07) is 3.02. The molecule has 5 rings (SSSR count). The molecule has 3 N–H and O–H groups in total. The first-order valence-corrected chi connectivity index (χ1v) is 17.7. The molecule has 4 saturated carbocycles. The van der Waals surface area contributed by atoms with Gasteiger partial charge in [0.25, 0.3) is 10.0 Å². The summed E-state index contributed by atoms with van der Waals surface area (Å²) in [6.07, 6.45) is -1.54. The highest BCUT2D eigenvalue weighted by Crippen LogP contribution is 2.69. The van der Waals surface area contributed by atoms with E-state index in [0.717, 1.165) is 44.2 Å². The van der Waals surface area contributed by atoms with Crippen molar-refractivity contribution in [1.82, 2.24) is 4.72 Å². The molecule has 1 aromatic rings. The second-order valence-corrected chi connectivity index (χ2v) is 16.4. The van der Waals surface area contributed by atoms with Gasteiger partial charge in [-0.3, -0.25) is 4.79 Å². The van der Waals surface area contributed by atoms with Gasteiger partial charge in [-0.15, -0.1) is 0 Å². The van der Waals surface area contributed by atoms with Crippen molar-refractivity contribution in [3.63, 3.8) is 0 Å². The van der Waals surface area contributed by atoms with Gasteiger partial charge in [0.1, 0.15) is 6.17 Å². The predicted molar refractivity (Wildman–Crippen MR) is 157 cm³/mol. The smallest absolute Gasteiger partial charge is 0.393 e. The number of rotatable bonds is 7. The number of alkyl halides is 4. The van der Waals surface area contributed by atoms with Crippen molar-refractivity contribution >= 4 is 15.9 Å². The summed E-state index contributed by atoms with van der Waals surface area (Å²) in [5.41, 5.74) is -1.32. The minimum absolute atomic E-state index is 0.0369. The van der Waals surface area contributed by atoms with Crippen molar-refractivity contribution in [3.8, 4) is 0 Å². The first-order chi connectivity index (χ1) is 20.5. The number of halogens is 4. The van der Waals surface area contributed by atoms with Crippen molar-refractivity contribution < 1.29 is 41.0 Å². The molecule has 44 heavy (non-hydrogen) atoms. The maximum Gasteiger partial charge on any atom is 0.416 e. The Morgan fingerprint density at radius 2 is 1.64 bits per heavy atom. The zero-order chi connectivity index (χ0) is 32.4. The Balaban J connectivity index is 1.25. The summed E-state index contributed by atoms with van der Waals surface area (Å²) >= 11 is 0. The van der Waals surface area contributed by atoms with Crippen LogP contribution in [0.3, 0.4) is 0 Å². The van der Waals surface area contributed by atoms with Crippen LogP contribution in [0.2, 0.25) is 0 Å². The van der Waals surface area contributed by atoms with E-state index in [1.165, 1.54) is 0 Å². The van der Waals surface area contributed by atoms with E-state index in [4.69, 9.17) is 0 Å². The van der Waals surface area contributed by atoms with Crippen LogP contribution >= 0.6 is 0 Å². The van der Waals surface area contributed by atoms with Gasteiger partial charge in [-0.2, -0.15) is 13.2 Å². The van der Waals surface area contributed by atoms with Crippen LogP contribution in [0.4, 0.5) is 17.6 Å². The molecule has 248 valence electrons. The quantitative estimate of drug-likeness (QED) is 0.294. The standard InChI is InChI=1S/C33H47F4NO5S/c1-5-21-28-29(34)25(39)15-17-32(28,4)24-14-16-31(3)22(11-12-23(31)27(24)30(21)41)18(2)6-13-26(40)38-44(42,43)20-9-7-19(8-10-20)33(35,36)37/h7-10,18,21-25,27-30,39,41H,5-6,11-17H2,1-4H3,(H,38,40)/t18?,21-,22-,23+,24+,25-,27+,28-,29+,30-,31-,32-/m1/s1. The van der Waals surface area contributed by atoms with E-state index >= 15 is 4.39 Å². The molecule has 0 aliphatic heterocycles. The number of hydrogen-bond donors (Lipinski definition) is 3. The third-order valence-electron chi connectivity index (χ3n) is 12.7.